The number of aliphatic hydroxyl groups excluding tert-OH is 1. The molecule has 0 bridgehead atoms. The molecule has 0 amide bonds. The molecule has 162 valence electrons. The number of ether oxygens (including phenoxy) is 1. The summed E-state index contributed by atoms with van der Waals surface area (Å²) in [6.07, 6.45) is 0. The Labute approximate surface area is 180 Å². The van der Waals surface area contributed by atoms with Gasteiger partial charge in [0, 0.05) is 64.5 Å². The third-order valence-corrected chi connectivity index (χ3v) is 6.45. The molecule has 0 spiro atoms. The molecule has 2 aliphatic rings. The molecule has 0 saturated carbocycles. The summed E-state index contributed by atoms with van der Waals surface area (Å²) >= 11 is 0. The van der Waals surface area contributed by atoms with Crippen LogP contribution in [0.3, 0.4) is 0 Å². The fraction of sp³-hybridized carbons (Fsp3) is 0.520. The molecule has 2 aromatic carbocycles. The summed E-state index contributed by atoms with van der Waals surface area (Å²) in [6.45, 7) is 14.2. The summed E-state index contributed by atoms with van der Waals surface area (Å²) in [5.41, 5.74) is 6.75. The van der Waals surface area contributed by atoms with Gasteiger partial charge in [0.05, 0.1) is 6.61 Å². The van der Waals surface area contributed by atoms with Crippen molar-refractivity contribution in [2.45, 2.75) is 33.5 Å². The minimum atomic E-state index is 0.253. The number of nitrogens with zero attached hydrogens (tertiary/aromatic N) is 3. The van der Waals surface area contributed by atoms with Crippen LogP contribution in [0, 0.1) is 13.8 Å². The highest BCUT2D eigenvalue weighted by Gasteiger charge is 2.19. The van der Waals surface area contributed by atoms with Crippen LogP contribution in [0.15, 0.2) is 36.4 Å². The van der Waals surface area contributed by atoms with Gasteiger partial charge in [0.2, 0.25) is 0 Å². The number of fused-ring (bicyclic) bond motifs is 1. The first kappa shape index (κ1) is 21.3. The van der Waals surface area contributed by atoms with Gasteiger partial charge >= 0.3 is 0 Å². The maximum atomic E-state index is 9.12. The average Bonchev–Trinajstić information content (AvgIpc) is 2.94. The molecule has 1 saturated heterocycles. The molecule has 30 heavy (non-hydrogen) atoms. The Hall–Kier alpha value is -1.92. The zero-order chi connectivity index (χ0) is 20.9. The monoisotopic (exact) mass is 409 g/mol. The van der Waals surface area contributed by atoms with Crippen molar-refractivity contribution in [2.24, 2.45) is 0 Å². The highest BCUT2D eigenvalue weighted by Crippen LogP contribution is 2.26. The first-order valence-electron chi connectivity index (χ1n) is 11.2. The van der Waals surface area contributed by atoms with Crippen LogP contribution in [0.2, 0.25) is 0 Å². The van der Waals surface area contributed by atoms with Crippen molar-refractivity contribution >= 4 is 0 Å². The molecular weight excluding hydrogens is 374 g/mol. The molecule has 1 fully saturated rings. The second kappa shape index (κ2) is 9.92. The largest absolute Gasteiger partial charge is 0.492 e. The molecule has 0 atom stereocenters. The maximum Gasteiger partial charge on any atom is 0.123 e. The van der Waals surface area contributed by atoms with E-state index in [0.717, 1.165) is 71.3 Å². The van der Waals surface area contributed by atoms with Gasteiger partial charge in [-0.15, -0.1) is 0 Å². The van der Waals surface area contributed by atoms with E-state index in [1.165, 1.54) is 27.8 Å². The number of hydrogen-bond donors (Lipinski definition) is 1. The first-order chi connectivity index (χ1) is 14.6. The molecule has 5 nitrogen and oxygen atoms in total. The fourth-order valence-corrected chi connectivity index (χ4v) is 4.47. The van der Waals surface area contributed by atoms with E-state index in [-0.39, 0.29) is 6.61 Å². The van der Waals surface area contributed by atoms with Gasteiger partial charge < -0.3 is 9.84 Å². The third-order valence-electron chi connectivity index (χ3n) is 6.45. The smallest absolute Gasteiger partial charge is 0.123 e. The quantitative estimate of drug-likeness (QED) is 0.794. The molecule has 0 unspecified atom stereocenters. The lowest BCUT2D eigenvalue weighted by atomic mass is 10.1. The van der Waals surface area contributed by atoms with E-state index < -0.39 is 0 Å². The van der Waals surface area contributed by atoms with Crippen LogP contribution in [0.5, 0.6) is 5.75 Å². The normalized spacial score (nSPS) is 18.6. The van der Waals surface area contributed by atoms with Crippen molar-refractivity contribution in [1.82, 2.24) is 14.7 Å². The highest BCUT2D eigenvalue weighted by atomic mass is 16.5. The molecule has 2 aliphatic heterocycles. The summed E-state index contributed by atoms with van der Waals surface area (Å²) in [5.74, 6) is 1.04. The van der Waals surface area contributed by atoms with Gasteiger partial charge in [-0.2, -0.15) is 0 Å². The lowest BCUT2D eigenvalue weighted by Gasteiger charge is -2.34. The molecule has 0 aromatic heterocycles. The van der Waals surface area contributed by atoms with Gasteiger partial charge in [-0.1, -0.05) is 24.3 Å². The Balaban J connectivity index is 1.39. The van der Waals surface area contributed by atoms with E-state index >= 15 is 0 Å². The summed E-state index contributed by atoms with van der Waals surface area (Å²) in [5, 5.41) is 9.12. The highest BCUT2D eigenvalue weighted by molar-refractivity contribution is 5.38. The van der Waals surface area contributed by atoms with Crippen LogP contribution in [0.4, 0.5) is 0 Å². The minimum Gasteiger partial charge on any atom is -0.492 e. The zero-order valence-electron chi connectivity index (χ0n) is 18.4. The molecule has 0 aliphatic carbocycles. The van der Waals surface area contributed by atoms with Gasteiger partial charge in [0.1, 0.15) is 12.4 Å². The van der Waals surface area contributed by atoms with E-state index in [4.69, 9.17) is 9.84 Å². The first-order valence-corrected chi connectivity index (χ1v) is 11.2. The van der Waals surface area contributed by atoms with Gasteiger partial charge in [-0.05, 0) is 48.2 Å². The second-order valence-corrected chi connectivity index (χ2v) is 8.76. The maximum absolute atomic E-state index is 9.12. The van der Waals surface area contributed by atoms with Crippen LogP contribution in [0.1, 0.15) is 27.8 Å². The van der Waals surface area contributed by atoms with Crippen molar-refractivity contribution in [1.29, 1.82) is 0 Å². The molecule has 2 aromatic rings. The van der Waals surface area contributed by atoms with E-state index in [1.54, 1.807) is 0 Å². The number of aryl methyl sites for hydroxylation is 2. The van der Waals surface area contributed by atoms with Crippen LogP contribution in [-0.4, -0.2) is 72.3 Å². The van der Waals surface area contributed by atoms with Crippen molar-refractivity contribution < 1.29 is 9.84 Å². The Morgan fingerprint density at radius 3 is 2.27 bits per heavy atom. The van der Waals surface area contributed by atoms with Crippen molar-refractivity contribution in [3.05, 3.63) is 64.2 Å². The number of piperazine rings is 1. The summed E-state index contributed by atoms with van der Waals surface area (Å²) in [6, 6.07) is 13.5. The summed E-state index contributed by atoms with van der Waals surface area (Å²) < 4.78 is 6.06. The average molecular weight is 410 g/mol. The molecule has 1 N–H and O–H groups in total. The van der Waals surface area contributed by atoms with Gasteiger partial charge in [0.15, 0.2) is 0 Å². The number of aliphatic hydroxyl groups is 1. The van der Waals surface area contributed by atoms with Gasteiger partial charge in [-0.25, -0.2) is 0 Å². The molecule has 5 heteroatoms. The van der Waals surface area contributed by atoms with E-state index in [9.17, 15) is 0 Å². The van der Waals surface area contributed by atoms with Crippen molar-refractivity contribution in [3.8, 4) is 5.75 Å². The molecular formula is C25H35N3O2. The Morgan fingerprint density at radius 1 is 0.800 bits per heavy atom. The predicted octanol–water partition coefficient (Wildman–Crippen LogP) is 2.81. The lowest BCUT2D eigenvalue weighted by Crippen LogP contribution is -2.46. The van der Waals surface area contributed by atoms with Crippen molar-refractivity contribution in [3.63, 3.8) is 0 Å². The Kier molecular flexibility index (Phi) is 7.05. The van der Waals surface area contributed by atoms with Crippen molar-refractivity contribution in [2.75, 3.05) is 52.5 Å². The van der Waals surface area contributed by atoms with Crippen LogP contribution in [-0.2, 0) is 19.6 Å². The molecule has 0 radical (unpaired) electrons. The Bertz CT molecular complexity index is 846. The van der Waals surface area contributed by atoms with Crippen LogP contribution >= 0.6 is 0 Å². The predicted molar refractivity (Wildman–Crippen MR) is 121 cm³/mol. The van der Waals surface area contributed by atoms with Gasteiger partial charge in [-0.3, -0.25) is 14.7 Å². The molecule has 4 rings (SSSR count). The molecule has 2 heterocycles. The number of benzene rings is 2. The topological polar surface area (TPSA) is 39.2 Å². The number of rotatable bonds is 6. The number of β-amino-alcohol motifs (C(OH)–C–C–N with tert-alkyl or cyclic N) is 1. The zero-order valence-corrected chi connectivity index (χ0v) is 18.4. The number of hydrogen-bond acceptors (Lipinski definition) is 5. The van der Waals surface area contributed by atoms with Gasteiger partial charge in [0.25, 0.3) is 0 Å². The second-order valence-electron chi connectivity index (χ2n) is 8.76. The third kappa shape index (κ3) is 5.41. The summed E-state index contributed by atoms with van der Waals surface area (Å²) in [4.78, 5) is 7.35. The van der Waals surface area contributed by atoms with E-state index in [0.29, 0.717) is 0 Å². The van der Waals surface area contributed by atoms with Crippen LogP contribution in [0.25, 0.3) is 0 Å². The minimum absolute atomic E-state index is 0.253. The lowest BCUT2D eigenvalue weighted by molar-refractivity contribution is 0.108. The fourth-order valence-electron chi connectivity index (χ4n) is 4.47. The van der Waals surface area contributed by atoms with E-state index in [2.05, 4.69) is 64.9 Å². The standard InChI is InChI=1S/C25H35N3O2/c1-20-3-4-22(15-21(20)2)18-28-12-14-30-25-6-5-23(16-24(25)19-28)17-27-9-7-26(8-10-27)11-13-29/h3-6,15-16,29H,7-14,17-19H2,1-2H3. The van der Waals surface area contributed by atoms with Crippen LogP contribution < -0.4 is 4.74 Å². The Morgan fingerprint density at radius 2 is 1.50 bits per heavy atom. The SMILES string of the molecule is Cc1ccc(CN2CCOc3ccc(CN4CCN(CCO)CC4)cc3C2)cc1C. The summed E-state index contributed by atoms with van der Waals surface area (Å²) in [7, 11) is 0. The van der Waals surface area contributed by atoms with E-state index in [1.807, 2.05) is 0 Å².